The molecule has 0 bridgehead atoms. The van der Waals surface area contributed by atoms with Gasteiger partial charge in [0.15, 0.2) is 11.5 Å². The van der Waals surface area contributed by atoms with Gasteiger partial charge in [0.2, 0.25) is 0 Å². The normalized spacial score (nSPS) is 13.2. The van der Waals surface area contributed by atoms with Crippen LogP contribution in [0.25, 0.3) is 0 Å². The maximum atomic E-state index is 11.9. The van der Waals surface area contributed by atoms with Crippen molar-refractivity contribution in [2.45, 2.75) is 9.79 Å². The van der Waals surface area contributed by atoms with Gasteiger partial charge in [-0.1, -0.05) is 23.9 Å². The van der Waals surface area contributed by atoms with Crippen molar-refractivity contribution in [1.29, 1.82) is 0 Å². The smallest absolute Gasteiger partial charge is 0.344 e. The molecule has 5 heteroatoms. The van der Waals surface area contributed by atoms with Gasteiger partial charge in [-0.25, -0.2) is 4.79 Å². The molecule has 0 aromatic heterocycles. The standard InChI is InChI=1S/C13H8O4S/c14-8-5-7-12(6-9(8)15)18-11-4-2-1-3-10(11)17-13(7)16/h1-6,14-15H. The molecule has 0 radical (unpaired) electrons. The van der Waals surface area contributed by atoms with E-state index in [9.17, 15) is 15.0 Å². The Kier molecular flexibility index (Phi) is 2.41. The zero-order valence-corrected chi connectivity index (χ0v) is 9.90. The summed E-state index contributed by atoms with van der Waals surface area (Å²) in [5.74, 6) is -0.661. The number of benzene rings is 2. The van der Waals surface area contributed by atoms with Crippen molar-refractivity contribution in [2.75, 3.05) is 0 Å². The summed E-state index contributed by atoms with van der Waals surface area (Å²) in [7, 11) is 0. The number of carbonyl (C=O) groups is 1. The van der Waals surface area contributed by atoms with Crippen LogP contribution in [-0.4, -0.2) is 16.2 Å². The number of aromatic hydroxyl groups is 2. The molecule has 90 valence electrons. The molecular weight excluding hydrogens is 252 g/mol. The summed E-state index contributed by atoms with van der Waals surface area (Å²) >= 11 is 1.31. The van der Waals surface area contributed by atoms with E-state index in [0.29, 0.717) is 10.6 Å². The molecule has 2 N–H and O–H groups in total. The lowest BCUT2D eigenvalue weighted by molar-refractivity contribution is 0.0728. The highest BCUT2D eigenvalue weighted by Gasteiger charge is 2.23. The van der Waals surface area contributed by atoms with Crippen LogP contribution in [0, 0.1) is 0 Å². The molecule has 0 atom stereocenters. The number of fused-ring (bicyclic) bond motifs is 2. The second-order valence-electron chi connectivity index (χ2n) is 3.78. The molecule has 0 spiro atoms. The Balaban J connectivity index is 2.20. The van der Waals surface area contributed by atoms with Crippen molar-refractivity contribution in [3.8, 4) is 17.2 Å². The summed E-state index contributed by atoms with van der Waals surface area (Å²) in [4.78, 5) is 13.2. The van der Waals surface area contributed by atoms with Crippen LogP contribution in [0.4, 0.5) is 0 Å². The number of ether oxygens (including phenoxy) is 1. The molecule has 4 nitrogen and oxygen atoms in total. The SMILES string of the molecule is O=C1Oc2ccccc2Sc2cc(O)c(O)cc21. The van der Waals surface area contributed by atoms with Gasteiger partial charge in [0.05, 0.1) is 10.5 Å². The van der Waals surface area contributed by atoms with Gasteiger partial charge >= 0.3 is 5.97 Å². The molecule has 0 amide bonds. The minimum Gasteiger partial charge on any atom is -0.504 e. The van der Waals surface area contributed by atoms with Gasteiger partial charge < -0.3 is 14.9 Å². The second-order valence-corrected chi connectivity index (χ2v) is 4.86. The highest BCUT2D eigenvalue weighted by atomic mass is 32.2. The summed E-state index contributed by atoms with van der Waals surface area (Å²) in [6, 6.07) is 9.71. The maximum absolute atomic E-state index is 11.9. The first-order chi connectivity index (χ1) is 8.65. The quantitative estimate of drug-likeness (QED) is 0.433. The molecule has 18 heavy (non-hydrogen) atoms. The topological polar surface area (TPSA) is 66.8 Å². The van der Waals surface area contributed by atoms with E-state index >= 15 is 0 Å². The summed E-state index contributed by atoms with van der Waals surface area (Å²) in [6.45, 7) is 0. The van der Waals surface area contributed by atoms with Crippen molar-refractivity contribution in [2.24, 2.45) is 0 Å². The lowest BCUT2D eigenvalue weighted by atomic mass is 10.2. The van der Waals surface area contributed by atoms with Crippen LogP contribution in [0.3, 0.4) is 0 Å². The number of carbonyl (C=O) groups excluding carboxylic acids is 1. The highest BCUT2D eigenvalue weighted by molar-refractivity contribution is 7.99. The van der Waals surface area contributed by atoms with E-state index in [1.807, 2.05) is 12.1 Å². The van der Waals surface area contributed by atoms with E-state index in [1.54, 1.807) is 12.1 Å². The molecule has 2 aromatic rings. The number of hydrogen-bond donors (Lipinski definition) is 2. The van der Waals surface area contributed by atoms with Crippen LogP contribution in [-0.2, 0) is 0 Å². The number of phenols is 2. The van der Waals surface area contributed by atoms with Gasteiger partial charge in [-0.15, -0.1) is 0 Å². The van der Waals surface area contributed by atoms with Crippen LogP contribution in [0.2, 0.25) is 0 Å². The minimum absolute atomic E-state index is 0.242. The number of hydrogen-bond acceptors (Lipinski definition) is 5. The van der Waals surface area contributed by atoms with Crippen molar-refractivity contribution in [1.82, 2.24) is 0 Å². The summed E-state index contributed by atoms with van der Waals surface area (Å²) < 4.78 is 5.23. The summed E-state index contributed by atoms with van der Waals surface area (Å²) in [5, 5.41) is 18.9. The maximum Gasteiger partial charge on any atom is 0.344 e. The first-order valence-corrected chi connectivity index (χ1v) is 6.02. The van der Waals surface area contributed by atoms with Crippen LogP contribution < -0.4 is 4.74 Å². The zero-order valence-electron chi connectivity index (χ0n) is 9.08. The van der Waals surface area contributed by atoms with Gasteiger partial charge in [-0.3, -0.25) is 0 Å². The number of rotatable bonds is 0. The van der Waals surface area contributed by atoms with Crippen molar-refractivity contribution in [3.05, 3.63) is 42.0 Å². The Labute approximate surface area is 107 Å². The van der Waals surface area contributed by atoms with Gasteiger partial charge in [0.25, 0.3) is 0 Å². The van der Waals surface area contributed by atoms with Crippen molar-refractivity contribution >= 4 is 17.7 Å². The van der Waals surface area contributed by atoms with Crippen LogP contribution >= 0.6 is 11.8 Å². The lowest BCUT2D eigenvalue weighted by Crippen LogP contribution is -2.08. The number of esters is 1. The molecule has 0 unspecified atom stereocenters. The molecule has 1 aliphatic heterocycles. The molecule has 0 fully saturated rings. The average molecular weight is 260 g/mol. The van der Waals surface area contributed by atoms with Crippen LogP contribution in [0.1, 0.15) is 10.4 Å². The van der Waals surface area contributed by atoms with E-state index in [4.69, 9.17) is 4.74 Å². The molecule has 0 aliphatic carbocycles. The fraction of sp³-hybridized carbons (Fsp3) is 0. The lowest BCUT2D eigenvalue weighted by Gasteiger charge is -2.05. The Morgan fingerprint density at radius 1 is 1.00 bits per heavy atom. The Morgan fingerprint density at radius 3 is 2.56 bits per heavy atom. The van der Waals surface area contributed by atoms with E-state index in [-0.39, 0.29) is 17.1 Å². The average Bonchev–Trinajstić information content (AvgIpc) is 2.47. The fourth-order valence-corrected chi connectivity index (χ4v) is 2.71. The van der Waals surface area contributed by atoms with E-state index in [2.05, 4.69) is 0 Å². The zero-order chi connectivity index (χ0) is 12.7. The van der Waals surface area contributed by atoms with Crippen LogP contribution in [0.5, 0.6) is 17.2 Å². The predicted molar refractivity (Wildman–Crippen MR) is 65.3 cm³/mol. The van der Waals surface area contributed by atoms with Gasteiger partial charge in [-0.05, 0) is 24.3 Å². The van der Waals surface area contributed by atoms with Crippen molar-refractivity contribution in [3.63, 3.8) is 0 Å². The molecule has 2 aromatic carbocycles. The molecule has 3 rings (SSSR count). The Bertz CT molecular complexity index is 651. The number of para-hydroxylation sites is 1. The van der Waals surface area contributed by atoms with E-state index in [0.717, 1.165) is 4.90 Å². The molecule has 0 saturated carbocycles. The molecular formula is C13H8O4S. The Morgan fingerprint density at radius 2 is 1.72 bits per heavy atom. The third-order valence-electron chi connectivity index (χ3n) is 2.57. The molecule has 1 heterocycles. The van der Waals surface area contributed by atoms with Gasteiger partial charge in [-0.2, -0.15) is 0 Å². The van der Waals surface area contributed by atoms with Gasteiger partial charge in [0, 0.05) is 4.90 Å². The first-order valence-electron chi connectivity index (χ1n) is 5.20. The molecule has 1 aliphatic rings. The van der Waals surface area contributed by atoms with Gasteiger partial charge in [0.1, 0.15) is 5.75 Å². The monoisotopic (exact) mass is 260 g/mol. The second kappa shape index (κ2) is 3.96. The largest absolute Gasteiger partial charge is 0.504 e. The summed E-state index contributed by atoms with van der Waals surface area (Å²) in [5.41, 5.74) is 0.242. The minimum atomic E-state index is -0.544. The number of phenolic OH excluding ortho intramolecular Hbond substituents is 2. The Hall–Kier alpha value is -2.14. The summed E-state index contributed by atoms with van der Waals surface area (Å²) in [6.07, 6.45) is 0. The van der Waals surface area contributed by atoms with Crippen LogP contribution in [0.15, 0.2) is 46.2 Å². The fourth-order valence-electron chi connectivity index (χ4n) is 1.69. The van der Waals surface area contributed by atoms with Crippen molar-refractivity contribution < 1.29 is 19.7 Å². The first kappa shape index (κ1) is 11.0. The van der Waals surface area contributed by atoms with E-state index < -0.39 is 5.97 Å². The predicted octanol–water partition coefficient (Wildman–Crippen LogP) is 2.78. The van der Waals surface area contributed by atoms with E-state index in [1.165, 1.54) is 23.9 Å². The third-order valence-corrected chi connectivity index (χ3v) is 3.68. The highest BCUT2D eigenvalue weighted by Crippen LogP contribution is 2.43. The molecule has 0 saturated heterocycles. The third kappa shape index (κ3) is 1.69.